The van der Waals surface area contributed by atoms with Crippen LogP contribution in [0.4, 0.5) is 4.79 Å². The number of ether oxygens (including phenoxy) is 5. The number of hydrogen-bond acceptors (Lipinski definition) is 6. The molecule has 0 fully saturated rings. The first-order chi connectivity index (χ1) is 12.1. The second-order valence-corrected chi connectivity index (χ2v) is 8.19. The first-order valence-electron chi connectivity index (χ1n) is 9.38. The molecule has 0 aliphatic rings. The number of carbonyl (C=O) groups excluding carboxylic acids is 1. The molecule has 0 rings (SSSR count). The fourth-order valence-corrected chi connectivity index (χ4v) is 1.68. The molecule has 0 bridgehead atoms. The molecule has 0 aliphatic carbocycles. The van der Waals surface area contributed by atoms with Crippen molar-refractivity contribution in [3.05, 3.63) is 0 Å². The lowest BCUT2D eigenvalue weighted by Gasteiger charge is -2.19. The summed E-state index contributed by atoms with van der Waals surface area (Å²) in [5.41, 5.74) is -0.179. The summed E-state index contributed by atoms with van der Waals surface area (Å²) in [6.07, 6.45) is 0.612. The van der Waals surface area contributed by atoms with Gasteiger partial charge in [0, 0.05) is 13.2 Å². The monoisotopic (exact) mass is 377 g/mol. The highest BCUT2D eigenvalue weighted by Gasteiger charge is 2.15. The van der Waals surface area contributed by atoms with E-state index in [2.05, 4.69) is 26.1 Å². The Kier molecular flexibility index (Phi) is 13.7. The predicted molar refractivity (Wildman–Crippen MR) is 102 cm³/mol. The first-order valence-corrected chi connectivity index (χ1v) is 9.38. The highest BCUT2D eigenvalue weighted by atomic mass is 16.6. The van der Waals surface area contributed by atoms with Crippen molar-refractivity contribution in [2.45, 2.75) is 53.6 Å². The summed E-state index contributed by atoms with van der Waals surface area (Å²) in [5.74, 6) is 0. The topological polar surface area (TPSA) is 75.3 Å². The Morgan fingerprint density at radius 3 is 1.54 bits per heavy atom. The van der Waals surface area contributed by atoms with Gasteiger partial charge in [0.2, 0.25) is 0 Å². The van der Waals surface area contributed by atoms with Crippen molar-refractivity contribution in [2.75, 3.05) is 59.4 Å². The Hall–Kier alpha value is -0.890. The molecule has 0 heterocycles. The maximum atomic E-state index is 11.4. The fraction of sp³-hybridized carbons (Fsp3) is 0.947. The Labute approximate surface area is 159 Å². The van der Waals surface area contributed by atoms with Crippen LogP contribution in [-0.2, 0) is 23.7 Å². The van der Waals surface area contributed by atoms with Gasteiger partial charge in [-0.3, -0.25) is 0 Å². The van der Waals surface area contributed by atoms with Crippen LogP contribution in [0.5, 0.6) is 0 Å². The maximum absolute atomic E-state index is 11.4. The first kappa shape index (κ1) is 25.1. The van der Waals surface area contributed by atoms with Gasteiger partial charge < -0.3 is 29.0 Å². The highest BCUT2D eigenvalue weighted by Crippen LogP contribution is 2.17. The number of nitrogens with one attached hydrogen (secondary N) is 1. The van der Waals surface area contributed by atoms with Gasteiger partial charge in [-0.15, -0.1) is 0 Å². The lowest BCUT2D eigenvalue weighted by molar-refractivity contribution is -0.00400. The molecule has 0 unspecified atom stereocenters. The van der Waals surface area contributed by atoms with Crippen molar-refractivity contribution >= 4 is 6.09 Å². The van der Waals surface area contributed by atoms with Crippen LogP contribution < -0.4 is 5.32 Å². The Bertz CT molecular complexity index is 349. The van der Waals surface area contributed by atoms with Crippen LogP contribution in [0.3, 0.4) is 0 Å². The standard InChI is InChI=1S/C19H39NO6/c1-18(2,3)7-9-22-11-13-24-15-16-25-14-12-23-10-8-20-17(21)26-19(4,5)6/h7-16H2,1-6H3,(H,20,21). The van der Waals surface area contributed by atoms with Gasteiger partial charge in [0.1, 0.15) is 5.60 Å². The van der Waals surface area contributed by atoms with Crippen LogP contribution in [0.25, 0.3) is 0 Å². The van der Waals surface area contributed by atoms with E-state index in [1.54, 1.807) is 0 Å². The number of rotatable bonds is 14. The third-order valence-electron chi connectivity index (χ3n) is 3.03. The van der Waals surface area contributed by atoms with E-state index in [-0.39, 0.29) is 0 Å². The average molecular weight is 378 g/mol. The average Bonchev–Trinajstić information content (AvgIpc) is 2.48. The molecule has 1 amide bonds. The summed E-state index contributed by atoms with van der Waals surface area (Å²) < 4.78 is 26.8. The van der Waals surface area contributed by atoms with Gasteiger partial charge in [0.25, 0.3) is 0 Å². The zero-order valence-corrected chi connectivity index (χ0v) is 17.5. The summed E-state index contributed by atoms with van der Waals surface area (Å²) >= 11 is 0. The van der Waals surface area contributed by atoms with Crippen molar-refractivity contribution in [1.82, 2.24) is 5.32 Å². The van der Waals surface area contributed by atoms with Crippen LogP contribution >= 0.6 is 0 Å². The Morgan fingerprint density at radius 2 is 1.12 bits per heavy atom. The van der Waals surface area contributed by atoms with E-state index in [4.69, 9.17) is 23.7 Å². The smallest absolute Gasteiger partial charge is 0.407 e. The largest absolute Gasteiger partial charge is 0.444 e. The molecule has 0 aromatic heterocycles. The normalized spacial score (nSPS) is 12.2. The summed E-state index contributed by atoms with van der Waals surface area (Å²) in [7, 11) is 0. The molecular formula is C19H39NO6. The molecular weight excluding hydrogens is 338 g/mol. The number of carbonyl (C=O) groups is 1. The second-order valence-electron chi connectivity index (χ2n) is 8.19. The predicted octanol–water partition coefficient (Wildman–Crippen LogP) is 3.01. The van der Waals surface area contributed by atoms with E-state index in [0.717, 1.165) is 13.0 Å². The van der Waals surface area contributed by atoms with E-state index in [1.165, 1.54) is 0 Å². The lowest BCUT2D eigenvalue weighted by atomic mass is 9.93. The molecule has 7 heteroatoms. The van der Waals surface area contributed by atoms with Crippen molar-refractivity contribution < 1.29 is 28.5 Å². The van der Waals surface area contributed by atoms with Crippen LogP contribution in [0.1, 0.15) is 48.0 Å². The van der Waals surface area contributed by atoms with Crippen molar-refractivity contribution in [2.24, 2.45) is 5.41 Å². The zero-order valence-electron chi connectivity index (χ0n) is 17.5. The highest BCUT2D eigenvalue weighted by molar-refractivity contribution is 5.67. The SMILES string of the molecule is CC(C)(C)CCOCCOCCOCCOCCNC(=O)OC(C)(C)C. The fourth-order valence-electron chi connectivity index (χ4n) is 1.68. The van der Waals surface area contributed by atoms with Gasteiger partial charge in [-0.25, -0.2) is 4.79 Å². The summed E-state index contributed by atoms with van der Waals surface area (Å²) in [6, 6.07) is 0. The minimum atomic E-state index is -0.487. The van der Waals surface area contributed by atoms with E-state index in [0.29, 0.717) is 58.2 Å². The quantitative estimate of drug-likeness (QED) is 0.469. The number of hydrogen-bond donors (Lipinski definition) is 1. The van der Waals surface area contributed by atoms with Crippen molar-refractivity contribution in [3.63, 3.8) is 0 Å². The van der Waals surface area contributed by atoms with Gasteiger partial charge in [-0.1, -0.05) is 20.8 Å². The molecule has 0 radical (unpaired) electrons. The maximum Gasteiger partial charge on any atom is 0.407 e. The molecule has 0 atom stereocenters. The van der Waals surface area contributed by atoms with Gasteiger partial charge in [-0.2, -0.15) is 0 Å². The van der Waals surface area contributed by atoms with Crippen LogP contribution in [0.2, 0.25) is 0 Å². The van der Waals surface area contributed by atoms with Gasteiger partial charge in [0.05, 0.1) is 46.2 Å². The van der Waals surface area contributed by atoms with Gasteiger partial charge in [0.15, 0.2) is 0 Å². The Morgan fingerprint density at radius 1 is 0.692 bits per heavy atom. The molecule has 0 aliphatic heterocycles. The van der Waals surface area contributed by atoms with Crippen LogP contribution in [-0.4, -0.2) is 71.1 Å². The molecule has 1 N–H and O–H groups in total. The Balaban J connectivity index is 3.19. The van der Waals surface area contributed by atoms with E-state index >= 15 is 0 Å². The minimum absolute atomic E-state index is 0.308. The van der Waals surface area contributed by atoms with Crippen molar-refractivity contribution in [1.29, 1.82) is 0 Å². The lowest BCUT2D eigenvalue weighted by Crippen LogP contribution is -2.34. The zero-order chi connectivity index (χ0) is 19.9. The second kappa shape index (κ2) is 14.2. The molecule has 0 saturated heterocycles. The summed E-state index contributed by atoms with van der Waals surface area (Å²) in [6.45, 7) is 16.9. The molecule has 0 spiro atoms. The van der Waals surface area contributed by atoms with E-state index in [9.17, 15) is 4.79 Å². The van der Waals surface area contributed by atoms with Crippen LogP contribution in [0, 0.1) is 5.41 Å². The van der Waals surface area contributed by atoms with Crippen molar-refractivity contribution in [3.8, 4) is 0 Å². The summed E-state index contributed by atoms with van der Waals surface area (Å²) in [4.78, 5) is 11.4. The summed E-state index contributed by atoms with van der Waals surface area (Å²) in [5, 5.41) is 2.63. The van der Waals surface area contributed by atoms with E-state index < -0.39 is 11.7 Å². The molecule has 0 saturated carbocycles. The van der Waals surface area contributed by atoms with E-state index in [1.807, 2.05) is 20.8 Å². The van der Waals surface area contributed by atoms with Gasteiger partial charge >= 0.3 is 6.09 Å². The minimum Gasteiger partial charge on any atom is -0.444 e. The number of amides is 1. The third-order valence-corrected chi connectivity index (χ3v) is 3.03. The number of alkyl carbamates (subject to hydrolysis) is 1. The molecule has 26 heavy (non-hydrogen) atoms. The third kappa shape index (κ3) is 21.2. The molecule has 0 aromatic carbocycles. The molecule has 156 valence electrons. The van der Waals surface area contributed by atoms with Gasteiger partial charge in [-0.05, 0) is 32.6 Å². The molecule has 7 nitrogen and oxygen atoms in total. The van der Waals surface area contributed by atoms with Crippen LogP contribution in [0.15, 0.2) is 0 Å². The molecule has 0 aromatic rings.